The maximum absolute atomic E-state index is 13.3. The van der Waals surface area contributed by atoms with Crippen LogP contribution in [0.5, 0.6) is 0 Å². The summed E-state index contributed by atoms with van der Waals surface area (Å²) in [7, 11) is 0. The van der Waals surface area contributed by atoms with Gasteiger partial charge >= 0.3 is 0 Å². The SMILES string of the molecule is Cc1cc2nc([C@@H](CNC(=O)c3c(Cl)cc(-n4cc(CCO)nn4)cc3Cl)c3ccccc3)[nH]c2cc1C. The number of hydrogen-bond donors (Lipinski definition) is 3. The van der Waals surface area contributed by atoms with E-state index in [2.05, 4.69) is 46.6 Å². The van der Waals surface area contributed by atoms with Crippen molar-refractivity contribution in [3.63, 3.8) is 0 Å². The summed E-state index contributed by atoms with van der Waals surface area (Å²) in [6.45, 7) is 4.38. The second-order valence-electron chi connectivity index (χ2n) is 9.16. The minimum absolute atomic E-state index is 0.0311. The number of hydrogen-bond acceptors (Lipinski definition) is 5. The zero-order valence-corrected chi connectivity index (χ0v) is 22.4. The van der Waals surface area contributed by atoms with Crippen molar-refractivity contribution in [2.75, 3.05) is 13.2 Å². The van der Waals surface area contributed by atoms with Gasteiger partial charge in [0, 0.05) is 19.6 Å². The number of halogens is 2. The van der Waals surface area contributed by atoms with Crippen molar-refractivity contribution in [1.29, 1.82) is 0 Å². The number of imidazole rings is 1. The van der Waals surface area contributed by atoms with Crippen LogP contribution in [0, 0.1) is 13.8 Å². The molecule has 38 heavy (non-hydrogen) atoms. The third-order valence-electron chi connectivity index (χ3n) is 6.54. The van der Waals surface area contributed by atoms with Crippen LogP contribution in [-0.4, -0.2) is 49.1 Å². The number of carbonyl (C=O) groups is 1. The smallest absolute Gasteiger partial charge is 0.254 e. The van der Waals surface area contributed by atoms with Crippen molar-refractivity contribution in [3.05, 3.63) is 105 Å². The number of aromatic nitrogens is 5. The summed E-state index contributed by atoms with van der Waals surface area (Å²) in [6.07, 6.45) is 2.06. The molecule has 5 aromatic rings. The average Bonchev–Trinajstić information content (AvgIpc) is 3.52. The highest BCUT2D eigenvalue weighted by Gasteiger charge is 2.22. The first-order chi connectivity index (χ1) is 18.3. The van der Waals surface area contributed by atoms with Gasteiger partial charge in [0.2, 0.25) is 0 Å². The quantitative estimate of drug-likeness (QED) is 0.248. The van der Waals surface area contributed by atoms with E-state index in [4.69, 9.17) is 33.3 Å². The Hall–Kier alpha value is -3.72. The highest BCUT2D eigenvalue weighted by atomic mass is 35.5. The molecule has 0 aliphatic heterocycles. The fraction of sp³-hybridized carbons (Fsp3) is 0.214. The number of fused-ring (bicyclic) bond motifs is 1. The minimum atomic E-state index is -0.394. The molecule has 194 valence electrons. The van der Waals surface area contributed by atoms with Gasteiger partial charge in [-0.15, -0.1) is 5.10 Å². The average molecular weight is 549 g/mol. The molecule has 0 fully saturated rings. The van der Waals surface area contributed by atoms with Crippen LogP contribution >= 0.6 is 23.2 Å². The Morgan fingerprint density at radius 2 is 1.79 bits per heavy atom. The number of amides is 1. The third-order valence-corrected chi connectivity index (χ3v) is 7.14. The molecule has 0 aliphatic carbocycles. The molecule has 1 atom stereocenters. The Morgan fingerprint density at radius 1 is 1.08 bits per heavy atom. The van der Waals surface area contributed by atoms with Crippen molar-refractivity contribution in [3.8, 4) is 5.69 Å². The van der Waals surface area contributed by atoms with E-state index >= 15 is 0 Å². The van der Waals surface area contributed by atoms with Gasteiger partial charge in [0.05, 0.1) is 50.1 Å². The summed E-state index contributed by atoms with van der Waals surface area (Å²) >= 11 is 13.0. The highest BCUT2D eigenvalue weighted by molar-refractivity contribution is 6.40. The number of carbonyl (C=O) groups excluding carboxylic acids is 1. The molecule has 0 radical (unpaired) electrons. The van der Waals surface area contributed by atoms with E-state index in [0.717, 1.165) is 22.4 Å². The zero-order valence-electron chi connectivity index (χ0n) is 20.9. The number of H-pyrrole nitrogens is 1. The molecule has 0 aliphatic rings. The maximum atomic E-state index is 13.3. The summed E-state index contributed by atoms with van der Waals surface area (Å²) in [5.41, 5.74) is 6.56. The lowest BCUT2D eigenvalue weighted by molar-refractivity contribution is 0.0952. The summed E-state index contributed by atoms with van der Waals surface area (Å²) < 4.78 is 1.50. The molecule has 0 bridgehead atoms. The van der Waals surface area contributed by atoms with E-state index < -0.39 is 5.91 Å². The number of aromatic amines is 1. The molecule has 0 unspecified atom stereocenters. The topological polar surface area (TPSA) is 109 Å². The monoisotopic (exact) mass is 548 g/mol. The molecule has 3 aromatic carbocycles. The number of aliphatic hydroxyl groups excluding tert-OH is 1. The highest BCUT2D eigenvalue weighted by Crippen LogP contribution is 2.30. The largest absolute Gasteiger partial charge is 0.396 e. The number of nitrogens with zero attached hydrogens (tertiary/aromatic N) is 4. The molecule has 8 nitrogen and oxygen atoms in total. The summed E-state index contributed by atoms with van der Waals surface area (Å²) in [6, 6.07) is 17.3. The van der Waals surface area contributed by atoms with E-state index in [1.54, 1.807) is 18.3 Å². The molecule has 0 spiro atoms. The minimum Gasteiger partial charge on any atom is -0.396 e. The molecule has 0 saturated heterocycles. The van der Waals surface area contributed by atoms with Crippen LogP contribution in [0.4, 0.5) is 0 Å². The van der Waals surface area contributed by atoms with Crippen molar-refractivity contribution in [1.82, 2.24) is 30.3 Å². The van der Waals surface area contributed by atoms with Gasteiger partial charge in [0.25, 0.3) is 5.91 Å². The summed E-state index contributed by atoms with van der Waals surface area (Å²) in [4.78, 5) is 21.6. The zero-order chi connectivity index (χ0) is 26.8. The van der Waals surface area contributed by atoms with Crippen LogP contribution in [-0.2, 0) is 6.42 Å². The lowest BCUT2D eigenvalue weighted by Gasteiger charge is -2.17. The first-order valence-electron chi connectivity index (χ1n) is 12.2. The van der Waals surface area contributed by atoms with Crippen molar-refractivity contribution >= 4 is 40.1 Å². The number of nitrogens with one attached hydrogen (secondary N) is 2. The maximum Gasteiger partial charge on any atom is 0.254 e. The number of benzene rings is 3. The number of aryl methyl sites for hydroxylation is 2. The van der Waals surface area contributed by atoms with Crippen LogP contribution in [0.25, 0.3) is 16.7 Å². The molecule has 2 heterocycles. The predicted molar refractivity (Wildman–Crippen MR) is 148 cm³/mol. The van der Waals surface area contributed by atoms with Crippen molar-refractivity contribution in [2.45, 2.75) is 26.2 Å². The Bertz CT molecular complexity index is 1550. The normalized spacial score (nSPS) is 12.1. The molecular weight excluding hydrogens is 523 g/mol. The van der Waals surface area contributed by atoms with Gasteiger partial charge in [-0.3, -0.25) is 4.79 Å². The van der Waals surface area contributed by atoms with Crippen LogP contribution in [0.15, 0.2) is 60.8 Å². The number of aliphatic hydroxyl groups is 1. The Kier molecular flexibility index (Phi) is 7.46. The van der Waals surface area contributed by atoms with Gasteiger partial charge in [-0.05, 0) is 54.8 Å². The second-order valence-corrected chi connectivity index (χ2v) is 9.98. The van der Waals surface area contributed by atoms with Crippen LogP contribution in [0.1, 0.15) is 44.5 Å². The first kappa shape index (κ1) is 25.9. The van der Waals surface area contributed by atoms with Gasteiger partial charge in [0.15, 0.2) is 0 Å². The van der Waals surface area contributed by atoms with Crippen LogP contribution in [0.2, 0.25) is 10.0 Å². The Morgan fingerprint density at radius 3 is 2.50 bits per heavy atom. The standard InChI is InChI=1S/C28H26Cl2N6O2/c1-16-10-24-25(11-17(16)2)33-27(32-24)21(18-6-4-3-5-7-18)14-31-28(38)26-22(29)12-20(13-23(26)30)36-15-19(8-9-37)34-35-36/h3-7,10-13,15,21,37H,8-9,14H2,1-2H3,(H,31,38)(H,32,33)/t21-/m0/s1. The van der Waals surface area contributed by atoms with Crippen LogP contribution < -0.4 is 5.32 Å². The van der Waals surface area contributed by atoms with Crippen molar-refractivity contribution in [2.24, 2.45) is 0 Å². The lowest BCUT2D eigenvalue weighted by atomic mass is 9.98. The van der Waals surface area contributed by atoms with E-state index in [0.29, 0.717) is 17.8 Å². The molecule has 5 rings (SSSR count). The summed E-state index contributed by atoms with van der Waals surface area (Å²) in [5.74, 6) is 0.147. The molecule has 3 N–H and O–H groups in total. The van der Waals surface area contributed by atoms with E-state index in [9.17, 15) is 4.79 Å². The van der Waals surface area contributed by atoms with Crippen LogP contribution in [0.3, 0.4) is 0 Å². The van der Waals surface area contributed by atoms with E-state index in [1.807, 2.05) is 30.3 Å². The molecule has 10 heteroatoms. The Balaban J connectivity index is 1.41. The van der Waals surface area contributed by atoms with E-state index in [-0.39, 0.29) is 34.7 Å². The second kappa shape index (κ2) is 10.9. The van der Waals surface area contributed by atoms with Gasteiger partial charge < -0.3 is 15.4 Å². The first-order valence-corrected chi connectivity index (χ1v) is 12.9. The number of rotatable bonds is 8. The molecular formula is C28H26Cl2N6O2. The third kappa shape index (κ3) is 5.29. The lowest BCUT2D eigenvalue weighted by Crippen LogP contribution is -2.30. The van der Waals surface area contributed by atoms with E-state index in [1.165, 1.54) is 15.8 Å². The fourth-order valence-corrected chi connectivity index (χ4v) is 5.01. The van der Waals surface area contributed by atoms with Gasteiger partial charge in [0.1, 0.15) is 5.82 Å². The Labute approximate surface area is 229 Å². The van der Waals surface area contributed by atoms with Gasteiger partial charge in [-0.2, -0.15) is 0 Å². The van der Waals surface area contributed by atoms with Crippen molar-refractivity contribution < 1.29 is 9.90 Å². The van der Waals surface area contributed by atoms with Gasteiger partial charge in [-0.1, -0.05) is 58.7 Å². The summed E-state index contributed by atoms with van der Waals surface area (Å²) in [5, 5.41) is 20.5. The molecule has 1 amide bonds. The fourth-order valence-electron chi connectivity index (χ4n) is 4.36. The molecule has 0 saturated carbocycles. The van der Waals surface area contributed by atoms with Gasteiger partial charge in [-0.25, -0.2) is 9.67 Å². The predicted octanol–water partition coefficient (Wildman–Crippen LogP) is 5.16. The molecule has 2 aromatic heterocycles.